The van der Waals surface area contributed by atoms with Gasteiger partial charge in [-0.3, -0.25) is 4.98 Å². The molecule has 4 heteroatoms. The zero-order valence-electron chi connectivity index (χ0n) is 7.70. The van der Waals surface area contributed by atoms with Gasteiger partial charge in [0.2, 0.25) is 0 Å². The lowest BCUT2D eigenvalue weighted by atomic mass is 10.3. The number of nitrogens with one attached hydrogen (secondary N) is 1. The molecule has 0 spiro atoms. The van der Waals surface area contributed by atoms with E-state index in [4.69, 9.17) is 23.8 Å². The monoisotopic (exact) mass is 209 g/mol. The first-order valence-electron chi connectivity index (χ1n) is 4.25. The van der Waals surface area contributed by atoms with Crippen molar-refractivity contribution in [3.8, 4) is 12.3 Å². The van der Waals surface area contributed by atoms with Crippen LogP contribution in [0.4, 0.5) is 11.4 Å². The zero-order valence-corrected chi connectivity index (χ0v) is 8.46. The van der Waals surface area contributed by atoms with E-state index >= 15 is 0 Å². The fourth-order valence-electron chi connectivity index (χ4n) is 0.988. The molecule has 1 atom stereocenters. The van der Waals surface area contributed by atoms with E-state index < -0.39 is 0 Å². The second kappa shape index (κ2) is 5.36. The van der Waals surface area contributed by atoms with Crippen LogP contribution in [-0.2, 0) is 0 Å². The number of alkyl halides is 1. The molecular formula is C10H12ClN3. The summed E-state index contributed by atoms with van der Waals surface area (Å²) in [5.41, 5.74) is 7.12. The summed E-state index contributed by atoms with van der Waals surface area (Å²) < 4.78 is 0. The molecule has 0 saturated carbocycles. The van der Waals surface area contributed by atoms with E-state index in [2.05, 4.69) is 16.2 Å². The maximum Gasteiger partial charge on any atom is 0.0736 e. The number of nitrogens with zero attached hydrogens (tertiary/aromatic N) is 1. The molecule has 3 N–H and O–H groups in total. The quantitative estimate of drug-likeness (QED) is 0.586. The van der Waals surface area contributed by atoms with Crippen LogP contribution in [0.3, 0.4) is 0 Å². The summed E-state index contributed by atoms with van der Waals surface area (Å²) in [6, 6.07) is 1.80. The number of hydrogen-bond donors (Lipinski definition) is 2. The molecule has 74 valence electrons. The highest BCUT2D eigenvalue weighted by molar-refractivity contribution is 6.21. The van der Waals surface area contributed by atoms with Crippen molar-refractivity contribution in [2.45, 2.75) is 11.8 Å². The standard InChI is InChI=1S/C10H12ClN3/c1-2-3-8(11)6-14-10-4-5-13-7-9(10)12/h1,4-5,7-8H,3,6,12H2,(H,13,14). The predicted octanol–water partition coefficient (Wildman–Crippen LogP) is 1.71. The van der Waals surface area contributed by atoms with Crippen LogP contribution in [0.2, 0.25) is 0 Å². The number of aromatic nitrogens is 1. The average Bonchev–Trinajstić information content (AvgIpc) is 2.17. The summed E-state index contributed by atoms with van der Waals surface area (Å²) in [7, 11) is 0. The van der Waals surface area contributed by atoms with Crippen LogP contribution < -0.4 is 11.1 Å². The fourth-order valence-corrected chi connectivity index (χ4v) is 1.15. The van der Waals surface area contributed by atoms with Crippen molar-refractivity contribution in [1.82, 2.24) is 4.98 Å². The summed E-state index contributed by atoms with van der Waals surface area (Å²) in [5, 5.41) is 3.03. The molecule has 0 saturated heterocycles. The molecule has 0 radical (unpaired) electrons. The summed E-state index contributed by atoms with van der Waals surface area (Å²) in [6.45, 7) is 0.597. The Balaban J connectivity index is 2.46. The second-order valence-electron chi connectivity index (χ2n) is 2.85. The van der Waals surface area contributed by atoms with Gasteiger partial charge in [-0.15, -0.1) is 23.9 Å². The predicted molar refractivity (Wildman–Crippen MR) is 60.2 cm³/mol. The van der Waals surface area contributed by atoms with Crippen molar-refractivity contribution in [2.24, 2.45) is 0 Å². The summed E-state index contributed by atoms with van der Waals surface area (Å²) in [4.78, 5) is 3.88. The molecule has 14 heavy (non-hydrogen) atoms. The van der Waals surface area contributed by atoms with Crippen LogP contribution in [0, 0.1) is 12.3 Å². The number of nitrogen functional groups attached to an aromatic ring is 1. The van der Waals surface area contributed by atoms with Gasteiger partial charge in [-0.1, -0.05) is 0 Å². The Hall–Kier alpha value is -1.40. The average molecular weight is 210 g/mol. The minimum Gasteiger partial charge on any atom is -0.396 e. The Morgan fingerprint density at radius 1 is 1.71 bits per heavy atom. The third-order valence-corrected chi connectivity index (χ3v) is 2.01. The minimum absolute atomic E-state index is 0.0763. The second-order valence-corrected chi connectivity index (χ2v) is 3.47. The number of pyridine rings is 1. The van der Waals surface area contributed by atoms with Crippen molar-refractivity contribution in [2.75, 3.05) is 17.6 Å². The SMILES string of the molecule is C#CCC(Cl)CNc1ccncc1N. The molecule has 0 bridgehead atoms. The Kier molecular flexibility index (Phi) is 4.09. The molecule has 1 unspecified atom stereocenters. The topological polar surface area (TPSA) is 50.9 Å². The highest BCUT2D eigenvalue weighted by Crippen LogP contribution is 2.15. The Bertz CT molecular complexity index is 332. The van der Waals surface area contributed by atoms with E-state index in [1.807, 2.05) is 0 Å². The third kappa shape index (κ3) is 3.15. The van der Waals surface area contributed by atoms with Crippen LogP contribution >= 0.6 is 11.6 Å². The van der Waals surface area contributed by atoms with E-state index in [-0.39, 0.29) is 5.38 Å². The maximum atomic E-state index is 5.92. The van der Waals surface area contributed by atoms with Crippen LogP contribution in [0.15, 0.2) is 18.5 Å². The normalized spacial score (nSPS) is 11.7. The number of terminal acetylenes is 1. The third-order valence-electron chi connectivity index (χ3n) is 1.71. The van der Waals surface area contributed by atoms with Crippen molar-refractivity contribution < 1.29 is 0 Å². The summed E-state index contributed by atoms with van der Waals surface area (Å²) >= 11 is 5.92. The zero-order chi connectivity index (χ0) is 10.4. The summed E-state index contributed by atoms with van der Waals surface area (Å²) in [6.07, 6.45) is 8.93. The van der Waals surface area contributed by atoms with Gasteiger partial charge in [0.15, 0.2) is 0 Å². The molecule has 0 aliphatic rings. The Morgan fingerprint density at radius 3 is 3.14 bits per heavy atom. The molecule has 0 aliphatic heterocycles. The Morgan fingerprint density at radius 2 is 2.50 bits per heavy atom. The lowest BCUT2D eigenvalue weighted by Gasteiger charge is -2.10. The van der Waals surface area contributed by atoms with Gasteiger partial charge in [0.1, 0.15) is 0 Å². The number of anilines is 2. The van der Waals surface area contributed by atoms with E-state index in [0.29, 0.717) is 18.7 Å². The van der Waals surface area contributed by atoms with Gasteiger partial charge >= 0.3 is 0 Å². The number of nitrogens with two attached hydrogens (primary N) is 1. The fraction of sp³-hybridized carbons (Fsp3) is 0.300. The van der Waals surface area contributed by atoms with E-state index in [9.17, 15) is 0 Å². The van der Waals surface area contributed by atoms with E-state index in [1.54, 1.807) is 18.5 Å². The highest BCUT2D eigenvalue weighted by Gasteiger charge is 2.03. The smallest absolute Gasteiger partial charge is 0.0736 e. The van der Waals surface area contributed by atoms with Crippen molar-refractivity contribution >= 4 is 23.0 Å². The lowest BCUT2D eigenvalue weighted by molar-refractivity contribution is 0.917. The molecule has 0 aromatic carbocycles. The van der Waals surface area contributed by atoms with Crippen LogP contribution in [0.25, 0.3) is 0 Å². The maximum absolute atomic E-state index is 5.92. The first kappa shape index (κ1) is 10.7. The van der Waals surface area contributed by atoms with Gasteiger partial charge in [-0.25, -0.2) is 0 Å². The van der Waals surface area contributed by atoms with Crippen molar-refractivity contribution in [1.29, 1.82) is 0 Å². The van der Waals surface area contributed by atoms with Gasteiger partial charge in [-0.2, -0.15) is 0 Å². The first-order chi connectivity index (χ1) is 6.74. The van der Waals surface area contributed by atoms with Gasteiger partial charge in [0.25, 0.3) is 0 Å². The van der Waals surface area contributed by atoms with Crippen molar-refractivity contribution in [3.05, 3.63) is 18.5 Å². The van der Waals surface area contributed by atoms with Crippen LogP contribution in [0.1, 0.15) is 6.42 Å². The molecule has 0 amide bonds. The van der Waals surface area contributed by atoms with Gasteiger partial charge in [0.05, 0.1) is 22.9 Å². The largest absolute Gasteiger partial charge is 0.396 e. The molecule has 1 aromatic rings. The molecule has 0 aliphatic carbocycles. The van der Waals surface area contributed by atoms with Gasteiger partial charge < -0.3 is 11.1 Å². The van der Waals surface area contributed by atoms with Crippen LogP contribution in [0.5, 0.6) is 0 Å². The number of halogens is 1. The molecule has 3 nitrogen and oxygen atoms in total. The molecule has 1 rings (SSSR count). The van der Waals surface area contributed by atoms with E-state index in [0.717, 1.165) is 5.69 Å². The summed E-state index contributed by atoms with van der Waals surface area (Å²) in [5.74, 6) is 2.50. The minimum atomic E-state index is -0.0763. The number of rotatable bonds is 4. The van der Waals surface area contributed by atoms with Crippen LogP contribution in [-0.4, -0.2) is 16.9 Å². The van der Waals surface area contributed by atoms with E-state index in [1.165, 1.54) is 0 Å². The molecular weight excluding hydrogens is 198 g/mol. The molecule has 0 fully saturated rings. The lowest BCUT2D eigenvalue weighted by Crippen LogP contribution is -2.14. The molecule has 1 heterocycles. The first-order valence-corrected chi connectivity index (χ1v) is 4.68. The van der Waals surface area contributed by atoms with Crippen molar-refractivity contribution in [3.63, 3.8) is 0 Å². The Labute approximate surface area is 88.7 Å². The van der Waals surface area contributed by atoms with Gasteiger partial charge in [0, 0.05) is 19.2 Å². The van der Waals surface area contributed by atoms with Gasteiger partial charge in [-0.05, 0) is 6.07 Å². The highest BCUT2D eigenvalue weighted by atomic mass is 35.5. The number of hydrogen-bond acceptors (Lipinski definition) is 3. The molecule has 1 aromatic heterocycles.